The Morgan fingerprint density at radius 1 is 1.25 bits per heavy atom. The molecule has 0 atom stereocenters. The highest BCUT2D eigenvalue weighted by Crippen LogP contribution is 2.27. The van der Waals surface area contributed by atoms with Gasteiger partial charge in [-0.2, -0.15) is 0 Å². The number of ether oxygens (including phenoxy) is 1. The summed E-state index contributed by atoms with van der Waals surface area (Å²) in [7, 11) is 0. The summed E-state index contributed by atoms with van der Waals surface area (Å²) in [5.41, 5.74) is 0.612. The summed E-state index contributed by atoms with van der Waals surface area (Å²) in [6, 6.07) is 2.85. The average Bonchev–Trinajstić information content (AvgIpc) is 2.16. The van der Waals surface area contributed by atoms with Crippen LogP contribution in [-0.4, -0.2) is 11.3 Å². The molecule has 1 aromatic rings. The summed E-state index contributed by atoms with van der Waals surface area (Å²) in [5, 5.41) is 0. The number of pyridine rings is 1. The summed E-state index contributed by atoms with van der Waals surface area (Å²) in [4.78, 5) is 3.98. The van der Waals surface area contributed by atoms with Crippen LogP contribution in [0.3, 0.4) is 0 Å². The molecule has 0 saturated carbocycles. The van der Waals surface area contributed by atoms with Crippen LogP contribution in [0.25, 0.3) is 0 Å². The van der Waals surface area contributed by atoms with E-state index in [1.165, 1.54) is 6.07 Å². The van der Waals surface area contributed by atoms with E-state index in [1.54, 1.807) is 6.07 Å². The summed E-state index contributed by atoms with van der Waals surface area (Å²) in [5.74, 6) is -0.289. The van der Waals surface area contributed by atoms with E-state index in [0.717, 1.165) is 18.3 Å². The average molecular weight is 233 g/mol. The molecule has 16 heavy (non-hydrogen) atoms. The lowest BCUT2D eigenvalue weighted by molar-refractivity contribution is -0.274. The highest BCUT2D eigenvalue weighted by Gasteiger charge is 2.31. The van der Waals surface area contributed by atoms with Crippen LogP contribution in [0.4, 0.5) is 13.2 Å². The Kier molecular flexibility index (Phi) is 3.45. The smallest absolute Gasteiger partial charge is 0.404 e. The Hall–Kier alpha value is -1.26. The largest absolute Gasteiger partial charge is 0.573 e. The summed E-state index contributed by atoms with van der Waals surface area (Å²) >= 11 is 0. The quantitative estimate of drug-likeness (QED) is 0.794. The predicted molar refractivity (Wildman–Crippen MR) is 54.2 cm³/mol. The lowest BCUT2D eigenvalue weighted by Crippen LogP contribution is -2.19. The molecular weight excluding hydrogens is 219 g/mol. The van der Waals surface area contributed by atoms with Gasteiger partial charge >= 0.3 is 6.36 Å². The van der Waals surface area contributed by atoms with Gasteiger partial charge in [0.1, 0.15) is 5.75 Å². The first-order valence-corrected chi connectivity index (χ1v) is 4.97. The minimum atomic E-state index is -4.66. The molecule has 0 fully saturated rings. The summed E-state index contributed by atoms with van der Waals surface area (Å²) in [6.45, 7) is 5.97. The Balaban J connectivity index is 2.84. The van der Waals surface area contributed by atoms with Gasteiger partial charge in [-0.1, -0.05) is 20.8 Å². The summed E-state index contributed by atoms with van der Waals surface area (Å²) in [6.07, 6.45) is -2.71. The zero-order valence-corrected chi connectivity index (χ0v) is 9.43. The zero-order valence-electron chi connectivity index (χ0n) is 9.43. The molecule has 0 aliphatic rings. The van der Waals surface area contributed by atoms with Crippen molar-refractivity contribution in [3.63, 3.8) is 0 Å². The minimum absolute atomic E-state index is 0.142. The van der Waals surface area contributed by atoms with Crippen molar-refractivity contribution in [2.45, 2.75) is 39.0 Å². The molecule has 1 rings (SSSR count). The fourth-order valence-electron chi connectivity index (χ4n) is 1.16. The molecule has 0 unspecified atom stereocenters. The van der Waals surface area contributed by atoms with Crippen LogP contribution in [-0.2, 0) is 5.41 Å². The van der Waals surface area contributed by atoms with E-state index in [1.807, 2.05) is 20.8 Å². The SMILES string of the molecule is CCC(C)(C)c1ccc(OC(F)(F)F)cn1. The number of halogens is 3. The van der Waals surface area contributed by atoms with Gasteiger partial charge in [0.25, 0.3) is 0 Å². The molecule has 0 bridgehead atoms. The molecule has 0 aromatic carbocycles. The maximum atomic E-state index is 11.9. The number of rotatable bonds is 3. The topological polar surface area (TPSA) is 22.1 Å². The van der Waals surface area contributed by atoms with Crippen LogP contribution in [0, 0.1) is 0 Å². The van der Waals surface area contributed by atoms with Gasteiger partial charge in [-0.15, -0.1) is 13.2 Å². The van der Waals surface area contributed by atoms with Crippen molar-refractivity contribution in [1.29, 1.82) is 0 Å². The van der Waals surface area contributed by atoms with Gasteiger partial charge in [0.15, 0.2) is 0 Å². The molecule has 0 aliphatic heterocycles. The van der Waals surface area contributed by atoms with Crippen LogP contribution in [0.5, 0.6) is 5.75 Å². The molecule has 0 amide bonds. The molecule has 2 nitrogen and oxygen atoms in total. The number of aromatic nitrogens is 1. The molecule has 1 aromatic heterocycles. The van der Waals surface area contributed by atoms with Gasteiger partial charge in [0.2, 0.25) is 0 Å². The molecule has 0 spiro atoms. The second-order valence-electron chi connectivity index (χ2n) is 4.16. The van der Waals surface area contributed by atoms with Crippen molar-refractivity contribution in [2.24, 2.45) is 0 Å². The van der Waals surface area contributed by atoms with Crippen LogP contribution in [0.2, 0.25) is 0 Å². The van der Waals surface area contributed by atoms with Gasteiger partial charge in [-0.25, -0.2) is 0 Å². The molecule has 1 heterocycles. The van der Waals surface area contributed by atoms with Gasteiger partial charge in [-0.05, 0) is 18.6 Å². The van der Waals surface area contributed by atoms with Crippen molar-refractivity contribution in [3.8, 4) is 5.75 Å². The number of hydrogen-bond acceptors (Lipinski definition) is 2. The van der Waals surface area contributed by atoms with E-state index in [2.05, 4.69) is 9.72 Å². The van der Waals surface area contributed by atoms with Crippen molar-refractivity contribution < 1.29 is 17.9 Å². The second-order valence-corrected chi connectivity index (χ2v) is 4.16. The lowest BCUT2D eigenvalue weighted by Gasteiger charge is -2.21. The van der Waals surface area contributed by atoms with Gasteiger partial charge in [-0.3, -0.25) is 4.98 Å². The number of hydrogen-bond donors (Lipinski definition) is 0. The Bertz CT molecular complexity index is 343. The maximum Gasteiger partial charge on any atom is 0.573 e. The van der Waals surface area contributed by atoms with Crippen molar-refractivity contribution in [3.05, 3.63) is 24.0 Å². The van der Waals surface area contributed by atoms with E-state index in [-0.39, 0.29) is 11.2 Å². The number of nitrogens with zero attached hydrogens (tertiary/aromatic N) is 1. The summed E-state index contributed by atoms with van der Waals surface area (Å²) < 4.78 is 39.4. The molecular formula is C11H14F3NO. The fraction of sp³-hybridized carbons (Fsp3) is 0.545. The van der Waals surface area contributed by atoms with Crippen molar-refractivity contribution in [2.75, 3.05) is 0 Å². The highest BCUT2D eigenvalue weighted by atomic mass is 19.4. The number of alkyl halides is 3. The standard InChI is InChI=1S/C11H14F3NO/c1-4-10(2,3)9-6-5-8(7-15-9)16-11(12,13)14/h5-7H,4H2,1-3H3. The molecule has 0 saturated heterocycles. The van der Waals surface area contributed by atoms with Crippen LogP contribution in [0.1, 0.15) is 32.9 Å². The van der Waals surface area contributed by atoms with Crippen LogP contribution < -0.4 is 4.74 Å². The van der Waals surface area contributed by atoms with E-state index in [4.69, 9.17) is 0 Å². The van der Waals surface area contributed by atoms with E-state index >= 15 is 0 Å². The van der Waals surface area contributed by atoms with Crippen molar-refractivity contribution in [1.82, 2.24) is 4.98 Å². The molecule has 5 heteroatoms. The van der Waals surface area contributed by atoms with E-state index in [9.17, 15) is 13.2 Å². The van der Waals surface area contributed by atoms with Gasteiger partial charge in [0, 0.05) is 11.1 Å². The van der Waals surface area contributed by atoms with Gasteiger partial charge in [0.05, 0.1) is 6.20 Å². The van der Waals surface area contributed by atoms with E-state index in [0.29, 0.717) is 0 Å². The third-order valence-electron chi connectivity index (χ3n) is 2.55. The molecule has 90 valence electrons. The minimum Gasteiger partial charge on any atom is -0.404 e. The lowest BCUT2D eigenvalue weighted by atomic mass is 9.86. The third-order valence-corrected chi connectivity index (χ3v) is 2.55. The maximum absolute atomic E-state index is 11.9. The fourth-order valence-corrected chi connectivity index (χ4v) is 1.16. The Morgan fingerprint density at radius 2 is 1.88 bits per heavy atom. The molecule has 0 aliphatic carbocycles. The van der Waals surface area contributed by atoms with Crippen molar-refractivity contribution >= 4 is 0 Å². The monoisotopic (exact) mass is 233 g/mol. The Morgan fingerprint density at radius 3 is 2.25 bits per heavy atom. The molecule has 0 radical (unpaired) electrons. The molecule has 0 N–H and O–H groups in total. The first kappa shape index (κ1) is 12.8. The predicted octanol–water partition coefficient (Wildman–Crippen LogP) is 3.67. The third kappa shape index (κ3) is 3.40. The van der Waals surface area contributed by atoms with Crippen LogP contribution >= 0.6 is 0 Å². The first-order valence-electron chi connectivity index (χ1n) is 4.97. The highest BCUT2D eigenvalue weighted by molar-refractivity contribution is 5.23. The zero-order chi connectivity index (χ0) is 12.4. The Labute approximate surface area is 92.5 Å². The van der Waals surface area contributed by atoms with Gasteiger partial charge < -0.3 is 4.74 Å². The van der Waals surface area contributed by atoms with E-state index < -0.39 is 6.36 Å². The normalized spacial score (nSPS) is 12.6. The second kappa shape index (κ2) is 4.31. The van der Waals surface area contributed by atoms with Crippen LogP contribution in [0.15, 0.2) is 18.3 Å². The first-order chi connectivity index (χ1) is 7.24.